The van der Waals surface area contributed by atoms with Crippen LogP contribution in [0, 0.1) is 0 Å². The molecule has 7 nitrogen and oxygen atoms in total. The van der Waals surface area contributed by atoms with E-state index < -0.39 is 5.97 Å². The lowest BCUT2D eigenvalue weighted by molar-refractivity contribution is 0.0591. The van der Waals surface area contributed by atoms with Crippen molar-refractivity contribution in [2.75, 3.05) is 21.3 Å². The molecule has 0 radical (unpaired) electrons. The summed E-state index contributed by atoms with van der Waals surface area (Å²) in [4.78, 5) is 19.7. The molecule has 0 N–H and O–H groups in total. The van der Waals surface area contributed by atoms with Gasteiger partial charge in [-0.05, 0) is 0 Å². The Morgan fingerprint density at radius 1 is 1.09 bits per heavy atom. The van der Waals surface area contributed by atoms with E-state index in [1.165, 1.54) is 39.7 Å². The van der Waals surface area contributed by atoms with Crippen molar-refractivity contribution < 1.29 is 23.7 Å². The molecule has 116 valence electrons. The summed E-state index contributed by atoms with van der Waals surface area (Å²) < 4.78 is 20.4. The van der Waals surface area contributed by atoms with Crippen LogP contribution in [0.15, 0.2) is 24.4 Å². The third-order valence-corrected chi connectivity index (χ3v) is 2.82. The minimum Gasteiger partial charge on any atom is -0.496 e. The topological polar surface area (TPSA) is 79.8 Å². The van der Waals surface area contributed by atoms with E-state index in [0.717, 1.165) is 0 Å². The van der Waals surface area contributed by atoms with Gasteiger partial charge in [0, 0.05) is 24.4 Å². The van der Waals surface area contributed by atoms with Gasteiger partial charge in [-0.2, -0.15) is 4.98 Å². The van der Waals surface area contributed by atoms with Gasteiger partial charge in [0.15, 0.2) is 11.4 Å². The zero-order valence-corrected chi connectivity index (χ0v) is 12.9. The van der Waals surface area contributed by atoms with Crippen LogP contribution >= 0.6 is 11.6 Å². The van der Waals surface area contributed by atoms with Crippen molar-refractivity contribution in [3.8, 4) is 23.3 Å². The number of methoxy groups -OCH3 is 3. The van der Waals surface area contributed by atoms with E-state index in [2.05, 4.69) is 14.7 Å². The molecule has 0 spiro atoms. The lowest BCUT2D eigenvalue weighted by atomic mass is 10.3. The lowest BCUT2D eigenvalue weighted by Crippen LogP contribution is -2.07. The van der Waals surface area contributed by atoms with Gasteiger partial charge in [0.05, 0.1) is 26.4 Å². The van der Waals surface area contributed by atoms with E-state index in [1.807, 2.05) is 0 Å². The number of carbonyl (C=O) groups is 1. The summed E-state index contributed by atoms with van der Waals surface area (Å²) in [5.74, 6) is 0.398. The molecule has 0 aliphatic rings. The second kappa shape index (κ2) is 6.95. The molecule has 2 rings (SSSR count). The van der Waals surface area contributed by atoms with Crippen LogP contribution in [-0.2, 0) is 4.74 Å². The maximum Gasteiger partial charge on any atom is 0.360 e. The number of carbonyl (C=O) groups excluding carboxylic acids is 1. The third kappa shape index (κ3) is 3.56. The molecule has 2 aromatic heterocycles. The first-order chi connectivity index (χ1) is 10.6. The summed E-state index contributed by atoms with van der Waals surface area (Å²) in [6.45, 7) is 0. The van der Waals surface area contributed by atoms with Crippen molar-refractivity contribution in [3.05, 3.63) is 35.1 Å². The van der Waals surface area contributed by atoms with Crippen molar-refractivity contribution in [1.82, 2.24) is 9.97 Å². The first-order valence-electron chi connectivity index (χ1n) is 6.09. The first kappa shape index (κ1) is 15.8. The van der Waals surface area contributed by atoms with E-state index in [4.69, 9.17) is 25.8 Å². The van der Waals surface area contributed by atoms with Crippen molar-refractivity contribution in [2.24, 2.45) is 0 Å². The maximum atomic E-state index is 11.7. The molecule has 8 heteroatoms. The molecule has 0 unspecified atom stereocenters. The Morgan fingerprint density at radius 3 is 2.45 bits per heavy atom. The SMILES string of the molecule is COC(=O)c1ncc(Cl)cc1Oc1cc(OC)cc(OC)n1. The summed E-state index contributed by atoms with van der Waals surface area (Å²) in [6, 6.07) is 4.56. The maximum absolute atomic E-state index is 11.7. The van der Waals surface area contributed by atoms with Crippen molar-refractivity contribution in [2.45, 2.75) is 0 Å². The number of hydrogen-bond donors (Lipinski definition) is 0. The van der Waals surface area contributed by atoms with Crippen LogP contribution in [0.25, 0.3) is 0 Å². The summed E-state index contributed by atoms with van der Waals surface area (Å²) in [6.07, 6.45) is 1.32. The third-order valence-electron chi connectivity index (χ3n) is 2.61. The highest BCUT2D eigenvalue weighted by Gasteiger charge is 2.17. The molecule has 0 atom stereocenters. The highest BCUT2D eigenvalue weighted by Crippen LogP contribution is 2.30. The molecule has 0 fully saturated rings. The highest BCUT2D eigenvalue weighted by atomic mass is 35.5. The predicted octanol–water partition coefficient (Wildman–Crippen LogP) is 2.73. The normalized spacial score (nSPS) is 10.0. The molecule has 0 aliphatic heterocycles. The van der Waals surface area contributed by atoms with E-state index >= 15 is 0 Å². The number of rotatable bonds is 5. The number of halogens is 1. The lowest BCUT2D eigenvalue weighted by Gasteiger charge is -2.11. The van der Waals surface area contributed by atoms with Crippen LogP contribution in [0.3, 0.4) is 0 Å². The standard InChI is InChI=1S/C14H13ClN2O5/c1-19-9-5-11(20-2)17-12(6-9)22-10-4-8(15)7-16-13(10)14(18)21-3/h4-7H,1-3H3. The van der Waals surface area contributed by atoms with Gasteiger partial charge in [0.2, 0.25) is 11.8 Å². The van der Waals surface area contributed by atoms with E-state index in [-0.39, 0.29) is 17.3 Å². The van der Waals surface area contributed by atoms with Crippen LogP contribution in [0.1, 0.15) is 10.5 Å². The van der Waals surface area contributed by atoms with Crippen LogP contribution in [-0.4, -0.2) is 37.3 Å². The van der Waals surface area contributed by atoms with Crippen molar-refractivity contribution in [1.29, 1.82) is 0 Å². The van der Waals surface area contributed by atoms with Gasteiger partial charge in [-0.3, -0.25) is 0 Å². The number of aromatic nitrogens is 2. The van der Waals surface area contributed by atoms with Gasteiger partial charge < -0.3 is 18.9 Å². The Balaban J connectivity index is 2.42. The van der Waals surface area contributed by atoms with Gasteiger partial charge in [-0.25, -0.2) is 9.78 Å². The minimum absolute atomic E-state index is 0.0181. The molecule has 0 saturated carbocycles. The average molecular weight is 325 g/mol. The molecule has 2 aromatic rings. The molecule has 0 bridgehead atoms. The molecular weight excluding hydrogens is 312 g/mol. The molecule has 0 aromatic carbocycles. The molecule has 0 saturated heterocycles. The first-order valence-corrected chi connectivity index (χ1v) is 6.47. The van der Waals surface area contributed by atoms with Crippen LogP contribution in [0.4, 0.5) is 0 Å². The summed E-state index contributed by atoms with van der Waals surface area (Å²) >= 11 is 5.88. The fourth-order valence-corrected chi connectivity index (χ4v) is 1.74. The Bertz CT molecular complexity index is 671. The zero-order valence-electron chi connectivity index (χ0n) is 12.1. The van der Waals surface area contributed by atoms with Crippen molar-refractivity contribution >= 4 is 17.6 Å². The second-order valence-corrected chi connectivity index (χ2v) is 4.42. The minimum atomic E-state index is -0.651. The fourth-order valence-electron chi connectivity index (χ4n) is 1.59. The van der Waals surface area contributed by atoms with Crippen LogP contribution in [0.2, 0.25) is 5.02 Å². The number of esters is 1. The molecule has 0 aliphatic carbocycles. The molecule has 2 heterocycles. The smallest absolute Gasteiger partial charge is 0.360 e. The van der Waals surface area contributed by atoms with E-state index in [0.29, 0.717) is 16.7 Å². The van der Waals surface area contributed by atoms with Gasteiger partial charge in [-0.15, -0.1) is 0 Å². The summed E-state index contributed by atoms with van der Waals surface area (Å²) in [5.41, 5.74) is -0.0181. The molecule has 0 amide bonds. The summed E-state index contributed by atoms with van der Waals surface area (Å²) in [7, 11) is 4.21. The summed E-state index contributed by atoms with van der Waals surface area (Å²) in [5, 5.41) is 0.303. The second-order valence-electron chi connectivity index (χ2n) is 3.98. The van der Waals surface area contributed by atoms with Gasteiger partial charge in [-0.1, -0.05) is 11.6 Å². The quantitative estimate of drug-likeness (QED) is 0.782. The largest absolute Gasteiger partial charge is 0.496 e. The zero-order chi connectivity index (χ0) is 16.1. The van der Waals surface area contributed by atoms with Crippen molar-refractivity contribution in [3.63, 3.8) is 0 Å². The van der Waals surface area contributed by atoms with Crippen LogP contribution < -0.4 is 14.2 Å². The number of pyridine rings is 2. The predicted molar refractivity (Wildman–Crippen MR) is 78.0 cm³/mol. The molecule has 22 heavy (non-hydrogen) atoms. The molecular formula is C14H13ClN2O5. The Hall–Kier alpha value is -2.54. The van der Waals surface area contributed by atoms with Gasteiger partial charge >= 0.3 is 5.97 Å². The van der Waals surface area contributed by atoms with E-state index in [9.17, 15) is 4.79 Å². The van der Waals surface area contributed by atoms with Gasteiger partial charge in [0.25, 0.3) is 0 Å². The number of nitrogens with zero attached hydrogens (tertiary/aromatic N) is 2. The average Bonchev–Trinajstić information content (AvgIpc) is 2.53. The Labute approximate surface area is 131 Å². The van der Waals surface area contributed by atoms with E-state index in [1.54, 1.807) is 6.07 Å². The Morgan fingerprint density at radius 2 is 1.82 bits per heavy atom. The Kier molecular flexibility index (Phi) is 5.00. The van der Waals surface area contributed by atoms with Crippen LogP contribution in [0.5, 0.6) is 23.3 Å². The number of hydrogen-bond acceptors (Lipinski definition) is 7. The monoisotopic (exact) mass is 324 g/mol. The van der Waals surface area contributed by atoms with Gasteiger partial charge in [0.1, 0.15) is 5.75 Å². The fraction of sp³-hybridized carbons (Fsp3) is 0.214. The highest BCUT2D eigenvalue weighted by molar-refractivity contribution is 6.30. The number of ether oxygens (including phenoxy) is 4.